The first-order valence-corrected chi connectivity index (χ1v) is 8.36. The largest absolute Gasteiger partial charge is 0.465 e. The number of nitrogens with zero attached hydrogens (tertiary/aromatic N) is 2. The Morgan fingerprint density at radius 3 is 2.63 bits per heavy atom. The van der Waals surface area contributed by atoms with Crippen molar-refractivity contribution in [2.24, 2.45) is 0 Å². The van der Waals surface area contributed by atoms with Crippen LogP contribution in [0.25, 0.3) is 0 Å². The molecule has 0 saturated carbocycles. The van der Waals surface area contributed by atoms with Gasteiger partial charge in [0.1, 0.15) is 5.75 Å². The Labute approximate surface area is 165 Å². The van der Waals surface area contributed by atoms with Crippen molar-refractivity contribution in [2.45, 2.75) is 31.1 Å². The van der Waals surface area contributed by atoms with Crippen molar-refractivity contribution >= 4 is 12.2 Å². The minimum absolute atomic E-state index is 0.201. The maximum atomic E-state index is 13.1. The van der Waals surface area contributed by atoms with Gasteiger partial charge in [0.15, 0.2) is 6.10 Å². The lowest BCUT2D eigenvalue weighted by atomic mass is 9.96. The number of alkyl halides is 4. The second-order valence-corrected chi connectivity index (χ2v) is 6.25. The molecule has 1 N–H and O–H groups in total. The number of ether oxygens (including phenoxy) is 2. The molecule has 1 aliphatic rings. The van der Waals surface area contributed by atoms with Crippen LogP contribution in [-0.2, 0) is 11.2 Å². The SMILES string of the molecule is O=C(O)N1C(=O)OC(c2ccc(F)nc2)C1Cc1cccc(OC(F)(F)C(F)F)c1. The second kappa shape index (κ2) is 8.13. The highest BCUT2D eigenvalue weighted by molar-refractivity contribution is 5.89. The van der Waals surface area contributed by atoms with Gasteiger partial charge >= 0.3 is 24.7 Å². The van der Waals surface area contributed by atoms with Crippen LogP contribution in [0.2, 0.25) is 0 Å². The number of benzene rings is 1. The van der Waals surface area contributed by atoms with E-state index in [2.05, 4.69) is 9.72 Å². The van der Waals surface area contributed by atoms with Gasteiger partial charge in [-0.25, -0.2) is 19.5 Å². The number of carbonyl (C=O) groups is 2. The number of carbonyl (C=O) groups excluding carboxylic acids is 1. The number of amides is 2. The van der Waals surface area contributed by atoms with Crippen LogP contribution in [0.1, 0.15) is 17.2 Å². The van der Waals surface area contributed by atoms with Crippen LogP contribution in [0.3, 0.4) is 0 Å². The zero-order valence-electron chi connectivity index (χ0n) is 14.8. The van der Waals surface area contributed by atoms with Gasteiger partial charge in [0, 0.05) is 11.8 Å². The number of pyridine rings is 1. The lowest BCUT2D eigenvalue weighted by Crippen LogP contribution is -2.40. The number of hydrogen-bond acceptors (Lipinski definition) is 5. The highest BCUT2D eigenvalue weighted by atomic mass is 19.3. The lowest BCUT2D eigenvalue weighted by molar-refractivity contribution is -0.253. The van der Waals surface area contributed by atoms with E-state index in [0.717, 1.165) is 24.4 Å². The fourth-order valence-electron chi connectivity index (χ4n) is 2.96. The average molecular weight is 432 g/mol. The Morgan fingerprint density at radius 1 is 1.30 bits per heavy atom. The molecule has 0 radical (unpaired) electrons. The molecule has 0 aliphatic carbocycles. The molecule has 1 aliphatic heterocycles. The number of rotatable bonds is 6. The van der Waals surface area contributed by atoms with Gasteiger partial charge in [-0.1, -0.05) is 12.1 Å². The lowest BCUT2D eigenvalue weighted by Gasteiger charge is -2.22. The molecule has 2 amide bonds. The summed E-state index contributed by atoms with van der Waals surface area (Å²) in [7, 11) is 0. The summed E-state index contributed by atoms with van der Waals surface area (Å²) in [5.41, 5.74) is 0.405. The molecule has 3 rings (SSSR count). The van der Waals surface area contributed by atoms with Crippen LogP contribution >= 0.6 is 0 Å². The molecule has 2 atom stereocenters. The van der Waals surface area contributed by atoms with Crippen molar-refractivity contribution in [3.05, 3.63) is 59.7 Å². The molecule has 2 aromatic rings. The summed E-state index contributed by atoms with van der Waals surface area (Å²) in [6, 6.07) is 5.75. The molecule has 1 aromatic carbocycles. The molecule has 1 saturated heterocycles. The maximum Gasteiger partial charge on any atom is 0.461 e. The van der Waals surface area contributed by atoms with Gasteiger partial charge in [0.25, 0.3) is 0 Å². The van der Waals surface area contributed by atoms with Gasteiger partial charge in [-0.3, -0.25) is 0 Å². The van der Waals surface area contributed by atoms with Crippen LogP contribution in [-0.4, -0.2) is 45.8 Å². The number of carboxylic acid groups (broad SMARTS) is 1. The number of aromatic nitrogens is 1. The van der Waals surface area contributed by atoms with Gasteiger partial charge in [-0.05, 0) is 36.2 Å². The standard InChI is InChI=1S/C18H13F5N2O5/c19-13-5-4-10(8-24-13)14-12(25(16(26)27)17(28)29-14)7-9-2-1-3-11(6-9)30-18(22,23)15(20)21/h1-6,8,12,14-15H,7H2,(H,26,27). The highest BCUT2D eigenvalue weighted by Crippen LogP contribution is 2.35. The van der Waals surface area contributed by atoms with E-state index in [9.17, 15) is 36.6 Å². The summed E-state index contributed by atoms with van der Waals surface area (Å²) in [6.45, 7) is 0. The normalized spacial score (nSPS) is 19.1. The Bertz CT molecular complexity index is 941. The van der Waals surface area contributed by atoms with Crippen molar-refractivity contribution in [1.29, 1.82) is 0 Å². The van der Waals surface area contributed by atoms with Crippen molar-refractivity contribution in [3.63, 3.8) is 0 Å². The summed E-state index contributed by atoms with van der Waals surface area (Å²) >= 11 is 0. The van der Waals surface area contributed by atoms with Crippen LogP contribution in [0.15, 0.2) is 42.6 Å². The Kier molecular flexibility index (Phi) is 5.76. The van der Waals surface area contributed by atoms with E-state index in [0.29, 0.717) is 4.90 Å². The Balaban J connectivity index is 1.89. The zero-order chi connectivity index (χ0) is 22.1. The van der Waals surface area contributed by atoms with E-state index in [1.807, 2.05) is 0 Å². The second-order valence-electron chi connectivity index (χ2n) is 6.25. The first-order valence-electron chi connectivity index (χ1n) is 8.36. The Morgan fingerprint density at radius 2 is 2.03 bits per heavy atom. The van der Waals surface area contributed by atoms with E-state index < -0.39 is 48.6 Å². The summed E-state index contributed by atoms with van der Waals surface area (Å²) in [5, 5.41) is 9.35. The topological polar surface area (TPSA) is 89.0 Å². The van der Waals surface area contributed by atoms with Crippen LogP contribution in [0.5, 0.6) is 5.75 Å². The summed E-state index contributed by atoms with van der Waals surface area (Å²) in [6.07, 6.45) is -11.9. The number of imide groups is 1. The van der Waals surface area contributed by atoms with Crippen molar-refractivity contribution in [1.82, 2.24) is 9.88 Å². The molecule has 2 unspecified atom stereocenters. The van der Waals surface area contributed by atoms with E-state index in [4.69, 9.17) is 4.74 Å². The van der Waals surface area contributed by atoms with E-state index in [1.165, 1.54) is 18.2 Å². The first-order chi connectivity index (χ1) is 14.1. The number of halogens is 5. The number of hydrogen-bond donors (Lipinski definition) is 1. The van der Waals surface area contributed by atoms with Gasteiger partial charge < -0.3 is 14.6 Å². The summed E-state index contributed by atoms with van der Waals surface area (Å²) < 4.78 is 73.2. The van der Waals surface area contributed by atoms with E-state index >= 15 is 0 Å². The molecular weight excluding hydrogens is 419 g/mol. The zero-order valence-corrected chi connectivity index (χ0v) is 14.8. The third-order valence-corrected chi connectivity index (χ3v) is 4.24. The third kappa shape index (κ3) is 4.42. The van der Waals surface area contributed by atoms with Crippen molar-refractivity contribution in [2.75, 3.05) is 0 Å². The Hall–Kier alpha value is -3.44. The predicted molar refractivity (Wildman–Crippen MR) is 88.8 cm³/mol. The highest BCUT2D eigenvalue weighted by Gasteiger charge is 2.47. The maximum absolute atomic E-state index is 13.1. The molecule has 12 heteroatoms. The molecule has 1 aromatic heterocycles. The molecule has 2 heterocycles. The van der Waals surface area contributed by atoms with E-state index in [1.54, 1.807) is 0 Å². The van der Waals surface area contributed by atoms with E-state index in [-0.39, 0.29) is 17.5 Å². The van der Waals surface area contributed by atoms with Gasteiger partial charge in [-0.15, -0.1) is 0 Å². The first kappa shape index (κ1) is 21.3. The molecule has 1 fully saturated rings. The number of cyclic esters (lactones) is 1. The molecule has 0 bridgehead atoms. The van der Waals surface area contributed by atoms with Gasteiger partial charge in [0.2, 0.25) is 5.95 Å². The van der Waals surface area contributed by atoms with Gasteiger partial charge in [0.05, 0.1) is 6.04 Å². The van der Waals surface area contributed by atoms with Crippen LogP contribution in [0.4, 0.5) is 31.5 Å². The molecule has 160 valence electrons. The smallest absolute Gasteiger partial charge is 0.461 e. The third-order valence-electron chi connectivity index (χ3n) is 4.24. The quantitative estimate of drug-likeness (QED) is 0.543. The molecule has 30 heavy (non-hydrogen) atoms. The fraction of sp³-hybridized carbons (Fsp3) is 0.278. The minimum atomic E-state index is -4.72. The fourth-order valence-corrected chi connectivity index (χ4v) is 2.96. The minimum Gasteiger partial charge on any atom is -0.465 e. The van der Waals surface area contributed by atoms with Crippen LogP contribution < -0.4 is 4.74 Å². The van der Waals surface area contributed by atoms with Gasteiger partial charge in [-0.2, -0.15) is 22.0 Å². The van der Waals surface area contributed by atoms with Crippen molar-refractivity contribution in [3.8, 4) is 5.75 Å². The van der Waals surface area contributed by atoms with Crippen LogP contribution in [0, 0.1) is 5.95 Å². The molecule has 0 spiro atoms. The average Bonchev–Trinajstić information content (AvgIpc) is 2.98. The summed E-state index contributed by atoms with van der Waals surface area (Å²) in [4.78, 5) is 27.4. The van der Waals surface area contributed by atoms with Crippen molar-refractivity contribution < 1.29 is 46.1 Å². The monoisotopic (exact) mass is 432 g/mol. The molecular formula is C18H13F5N2O5. The molecule has 7 nitrogen and oxygen atoms in total. The summed E-state index contributed by atoms with van der Waals surface area (Å²) in [5.74, 6) is -1.38. The predicted octanol–water partition coefficient (Wildman–Crippen LogP) is 4.24.